The molecule has 0 spiro atoms. The summed E-state index contributed by atoms with van der Waals surface area (Å²) < 4.78 is 16.5. The molecule has 0 radical (unpaired) electrons. The molecular formula is C25H32ClFN6. The molecule has 0 unspecified atom stereocenters. The first-order valence-electron chi connectivity index (χ1n) is 11.8. The number of anilines is 2. The fourth-order valence-electron chi connectivity index (χ4n) is 5.35. The van der Waals surface area contributed by atoms with Crippen LogP contribution in [0.3, 0.4) is 0 Å². The maximum Gasteiger partial charge on any atom is 0.207 e. The minimum absolute atomic E-state index is 0.135. The number of nitrogens with two attached hydrogens (primary N) is 1. The number of hydrogen-bond acceptors (Lipinski definition) is 5. The van der Waals surface area contributed by atoms with Crippen LogP contribution in [-0.2, 0) is 6.54 Å². The number of rotatable bonds is 5. The van der Waals surface area contributed by atoms with Gasteiger partial charge in [-0.3, -0.25) is 0 Å². The zero-order chi connectivity index (χ0) is 23.1. The van der Waals surface area contributed by atoms with Crippen LogP contribution in [0.4, 0.5) is 16.0 Å². The Balaban J connectivity index is 1.67. The summed E-state index contributed by atoms with van der Waals surface area (Å²) in [5.74, 6) is 0.807. The molecule has 3 heterocycles. The van der Waals surface area contributed by atoms with E-state index in [0.717, 1.165) is 73.8 Å². The number of benzene rings is 2. The summed E-state index contributed by atoms with van der Waals surface area (Å²) in [5.41, 5.74) is 11.5. The second-order valence-corrected chi connectivity index (χ2v) is 9.73. The monoisotopic (exact) mass is 470 g/mol. The average molecular weight is 471 g/mol. The molecule has 2 saturated heterocycles. The Hall–Kier alpha value is -2.35. The average Bonchev–Trinajstić information content (AvgIpc) is 3.42. The van der Waals surface area contributed by atoms with Gasteiger partial charge >= 0.3 is 0 Å². The number of nitrogens with zero attached hydrogens (tertiary/aromatic N) is 4. The molecule has 0 aliphatic carbocycles. The molecule has 6 nitrogen and oxygen atoms in total. The Morgan fingerprint density at radius 2 is 1.85 bits per heavy atom. The molecule has 0 bridgehead atoms. The normalized spacial score (nSPS) is 19.1. The highest BCUT2D eigenvalue weighted by Crippen LogP contribution is 2.37. The lowest BCUT2D eigenvalue weighted by molar-refractivity contribution is 0.571. The molecule has 1 aromatic heterocycles. The Kier molecular flexibility index (Phi) is 6.20. The van der Waals surface area contributed by atoms with Crippen LogP contribution in [0.5, 0.6) is 0 Å². The molecule has 2 fully saturated rings. The fourth-order valence-corrected chi connectivity index (χ4v) is 5.55. The molecule has 1 atom stereocenters. The summed E-state index contributed by atoms with van der Waals surface area (Å²) in [7, 11) is 0. The van der Waals surface area contributed by atoms with Crippen LogP contribution >= 0.6 is 11.6 Å². The van der Waals surface area contributed by atoms with Crippen molar-refractivity contribution in [3.8, 4) is 0 Å². The van der Waals surface area contributed by atoms with Crippen LogP contribution in [0.2, 0.25) is 5.02 Å². The van der Waals surface area contributed by atoms with Gasteiger partial charge in [0, 0.05) is 50.3 Å². The molecule has 176 valence electrons. The Morgan fingerprint density at radius 3 is 2.55 bits per heavy atom. The van der Waals surface area contributed by atoms with Gasteiger partial charge in [-0.1, -0.05) is 23.7 Å². The second-order valence-electron chi connectivity index (χ2n) is 9.30. The van der Waals surface area contributed by atoms with Gasteiger partial charge in [-0.25, -0.2) is 9.37 Å². The second kappa shape index (κ2) is 9.12. The quantitative estimate of drug-likeness (QED) is 0.593. The summed E-state index contributed by atoms with van der Waals surface area (Å²) in [4.78, 5) is 9.90. The molecule has 3 N–H and O–H groups in total. The van der Waals surface area contributed by atoms with Gasteiger partial charge < -0.3 is 25.4 Å². The number of halogens is 2. The Labute approximate surface area is 199 Å². The molecule has 5 rings (SSSR count). The predicted octanol–water partition coefficient (Wildman–Crippen LogP) is 3.83. The lowest BCUT2D eigenvalue weighted by Gasteiger charge is -2.29. The van der Waals surface area contributed by atoms with Gasteiger partial charge in [0.1, 0.15) is 11.3 Å². The van der Waals surface area contributed by atoms with E-state index in [1.807, 2.05) is 38.1 Å². The standard InChI is InChI=1S/C25H32ClFN6/c1-16-10-18(11-17(2)23(16)27)15-33-22-13-19(26)12-21(32-7-3-4-20(32)14-28)24(22)30-25(33)31-8-5-29-6-9-31/h10-13,20,29H,3-9,14-15,28H2,1-2H3/t20-/m0/s1. The summed E-state index contributed by atoms with van der Waals surface area (Å²) in [6, 6.07) is 8.22. The van der Waals surface area contributed by atoms with Crippen LogP contribution in [0.1, 0.15) is 29.5 Å². The third-order valence-electron chi connectivity index (χ3n) is 6.97. The first-order valence-corrected chi connectivity index (χ1v) is 12.2. The molecular weight excluding hydrogens is 439 g/mol. The first kappa shape index (κ1) is 22.4. The Bertz CT molecular complexity index is 1150. The van der Waals surface area contributed by atoms with E-state index in [4.69, 9.17) is 22.3 Å². The van der Waals surface area contributed by atoms with E-state index in [1.54, 1.807) is 0 Å². The third-order valence-corrected chi connectivity index (χ3v) is 7.19. The predicted molar refractivity (Wildman–Crippen MR) is 134 cm³/mol. The van der Waals surface area contributed by atoms with Gasteiger partial charge in [0.05, 0.1) is 17.7 Å². The van der Waals surface area contributed by atoms with Gasteiger partial charge in [0.15, 0.2) is 0 Å². The van der Waals surface area contributed by atoms with Crippen LogP contribution in [0, 0.1) is 19.7 Å². The van der Waals surface area contributed by atoms with Crippen molar-refractivity contribution in [2.24, 2.45) is 5.73 Å². The molecule has 33 heavy (non-hydrogen) atoms. The molecule has 8 heteroatoms. The summed E-state index contributed by atoms with van der Waals surface area (Å²) in [6.45, 7) is 9.47. The highest BCUT2D eigenvalue weighted by atomic mass is 35.5. The molecule has 0 amide bonds. The van der Waals surface area contributed by atoms with Gasteiger partial charge in [0.25, 0.3) is 0 Å². The first-order chi connectivity index (χ1) is 16.0. The molecule has 3 aromatic rings. The number of nitrogens with one attached hydrogen (secondary N) is 1. The summed E-state index contributed by atoms with van der Waals surface area (Å²) >= 11 is 6.66. The van der Waals surface area contributed by atoms with E-state index in [1.165, 1.54) is 0 Å². The van der Waals surface area contributed by atoms with E-state index in [0.29, 0.717) is 35.3 Å². The van der Waals surface area contributed by atoms with Gasteiger partial charge in [-0.2, -0.15) is 0 Å². The smallest absolute Gasteiger partial charge is 0.207 e. The highest BCUT2D eigenvalue weighted by molar-refractivity contribution is 6.31. The fraction of sp³-hybridized carbons (Fsp3) is 0.480. The van der Waals surface area contributed by atoms with Crippen molar-refractivity contribution in [1.29, 1.82) is 0 Å². The number of aromatic nitrogens is 2. The maximum absolute atomic E-state index is 14.3. The van der Waals surface area contributed by atoms with Gasteiger partial charge in [0.2, 0.25) is 5.95 Å². The molecule has 2 aliphatic rings. The van der Waals surface area contributed by atoms with Crippen LogP contribution in [0.25, 0.3) is 11.0 Å². The minimum atomic E-state index is -0.135. The highest BCUT2D eigenvalue weighted by Gasteiger charge is 2.28. The van der Waals surface area contributed by atoms with Crippen molar-refractivity contribution in [2.75, 3.05) is 49.1 Å². The zero-order valence-corrected chi connectivity index (χ0v) is 20.1. The van der Waals surface area contributed by atoms with E-state index in [9.17, 15) is 4.39 Å². The molecule has 2 aliphatic heterocycles. The third kappa shape index (κ3) is 4.18. The number of fused-ring (bicyclic) bond motifs is 1. The van der Waals surface area contributed by atoms with Crippen molar-refractivity contribution >= 4 is 34.3 Å². The van der Waals surface area contributed by atoms with E-state index in [-0.39, 0.29) is 5.82 Å². The maximum atomic E-state index is 14.3. The number of imidazole rings is 1. The van der Waals surface area contributed by atoms with Crippen molar-refractivity contribution in [3.63, 3.8) is 0 Å². The van der Waals surface area contributed by atoms with Crippen molar-refractivity contribution in [1.82, 2.24) is 14.9 Å². The number of hydrogen-bond donors (Lipinski definition) is 2. The largest absolute Gasteiger partial charge is 0.365 e. The van der Waals surface area contributed by atoms with Gasteiger partial charge in [-0.05, 0) is 55.5 Å². The lowest BCUT2D eigenvalue weighted by Crippen LogP contribution is -2.44. The molecule has 0 saturated carbocycles. The number of aryl methyl sites for hydroxylation is 2. The van der Waals surface area contributed by atoms with Crippen molar-refractivity contribution in [2.45, 2.75) is 39.3 Å². The van der Waals surface area contributed by atoms with Crippen LogP contribution in [0.15, 0.2) is 24.3 Å². The van der Waals surface area contributed by atoms with E-state index < -0.39 is 0 Å². The van der Waals surface area contributed by atoms with Crippen molar-refractivity contribution in [3.05, 3.63) is 51.8 Å². The van der Waals surface area contributed by atoms with Gasteiger partial charge in [-0.15, -0.1) is 0 Å². The number of piperazine rings is 1. The topological polar surface area (TPSA) is 62.4 Å². The van der Waals surface area contributed by atoms with E-state index in [2.05, 4.69) is 19.7 Å². The van der Waals surface area contributed by atoms with E-state index >= 15 is 0 Å². The Morgan fingerprint density at radius 1 is 1.12 bits per heavy atom. The minimum Gasteiger partial charge on any atom is -0.365 e. The summed E-state index contributed by atoms with van der Waals surface area (Å²) in [5, 5.41) is 4.12. The van der Waals surface area contributed by atoms with Crippen LogP contribution < -0.4 is 20.9 Å². The summed E-state index contributed by atoms with van der Waals surface area (Å²) in [6.07, 6.45) is 2.21. The van der Waals surface area contributed by atoms with Crippen LogP contribution in [-0.4, -0.2) is 54.9 Å². The SMILES string of the molecule is Cc1cc(Cn2c(N3CCNCC3)nc3c(N4CCC[C@H]4CN)cc(Cl)cc32)cc(C)c1F. The lowest BCUT2D eigenvalue weighted by atomic mass is 10.1. The molecule has 2 aromatic carbocycles. The van der Waals surface area contributed by atoms with Crippen molar-refractivity contribution < 1.29 is 4.39 Å². The zero-order valence-electron chi connectivity index (χ0n) is 19.4.